The summed E-state index contributed by atoms with van der Waals surface area (Å²) < 4.78 is 5.91. The lowest BCUT2D eigenvalue weighted by Gasteiger charge is -2.16. The zero-order valence-corrected chi connectivity index (χ0v) is 12.2. The van der Waals surface area contributed by atoms with Crippen molar-refractivity contribution < 1.29 is 9.84 Å². The molecule has 0 fully saturated rings. The second-order valence-electron chi connectivity index (χ2n) is 5.36. The van der Waals surface area contributed by atoms with Crippen LogP contribution in [-0.4, -0.2) is 5.11 Å². The van der Waals surface area contributed by atoms with Gasteiger partial charge in [-0.25, -0.2) is 0 Å². The number of ether oxygens (including phenoxy) is 1. The average Bonchev–Trinajstić information content (AvgIpc) is 2.39. The molecule has 0 atom stereocenters. The first kappa shape index (κ1) is 14.3. The smallest absolute Gasteiger partial charge is 0.123 e. The fraction of sp³-hybridized carbons (Fsp3) is 0.294. The van der Waals surface area contributed by atoms with Crippen LogP contribution in [-0.2, 0) is 6.61 Å². The van der Waals surface area contributed by atoms with Gasteiger partial charge in [0.05, 0.1) is 0 Å². The van der Waals surface area contributed by atoms with Crippen LogP contribution >= 0.6 is 0 Å². The molecule has 0 saturated heterocycles. The molecule has 0 radical (unpaired) electrons. The standard InChI is InChI=1S/C17H21NO2/c1-11(2)15-9-16(18)12(3)7-17(15)20-10-13-5-4-6-14(19)8-13/h4-9,11,19H,10,18H2,1-3H3. The van der Waals surface area contributed by atoms with Crippen molar-refractivity contribution in [3.8, 4) is 11.5 Å². The third-order valence-corrected chi connectivity index (χ3v) is 3.33. The third-order valence-electron chi connectivity index (χ3n) is 3.33. The molecule has 0 aliphatic heterocycles. The normalized spacial score (nSPS) is 10.8. The Bertz CT molecular complexity index is 606. The lowest BCUT2D eigenvalue weighted by molar-refractivity contribution is 0.301. The third kappa shape index (κ3) is 3.23. The molecule has 0 spiro atoms. The molecule has 0 bridgehead atoms. The van der Waals surface area contributed by atoms with Crippen LogP contribution in [0.3, 0.4) is 0 Å². The van der Waals surface area contributed by atoms with E-state index in [0.29, 0.717) is 12.5 Å². The topological polar surface area (TPSA) is 55.5 Å². The maximum atomic E-state index is 9.46. The molecule has 0 aliphatic carbocycles. The molecule has 3 N–H and O–H groups in total. The predicted octanol–water partition coefficient (Wildman–Crippen LogP) is 3.99. The van der Waals surface area contributed by atoms with Gasteiger partial charge in [0.1, 0.15) is 18.1 Å². The van der Waals surface area contributed by atoms with E-state index < -0.39 is 0 Å². The number of phenolic OH excluding ortho intramolecular Hbond substituents is 1. The van der Waals surface area contributed by atoms with E-state index in [2.05, 4.69) is 13.8 Å². The van der Waals surface area contributed by atoms with Crippen molar-refractivity contribution in [3.63, 3.8) is 0 Å². The summed E-state index contributed by atoms with van der Waals surface area (Å²) in [6.07, 6.45) is 0. The van der Waals surface area contributed by atoms with E-state index in [1.54, 1.807) is 12.1 Å². The second kappa shape index (κ2) is 5.87. The van der Waals surface area contributed by atoms with Crippen molar-refractivity contribution in [1.82, 2.24) is 0 Å². The number of nitrogens with two attached hydrogens (primary N) is 1. The molecule has 0 aliphatic rings. The van der Waals surface area contributed by atoms with Gasteiger partial charge in [-0.3, -0.25) is 0 Å². The molecule has 0 amide bonds. The Kier molecular flexibility index (Phi) is 4.18. The summed E-state index contributed by atoms with van der Waals surface area (Å²) in [7, 11) is 0. The van der Waals surface area contributed by atoms with E-state index in [0.717, 1.165) is 28.1 Å². The Hall–Kier alpha value is -2.16. The Balaban J connectivity index is 2.22. The second-order valence-corrected chi connectivity index (χ2v) is 5.36. The number of phenols is 1. The van der Waals surface area contributed by atoms with E-state index >= 15 is 0 Å². The van der Waals surface area contributed by atoms with Crippen LogP contribution in [0.25, 0.3) is 0 Å². The highest BCUT2D eigenvalue weighted by Gasteiger charge is 2.11. The molecule has 3 heteroatoms. The lowest BCUT2D eigenvalue weighted by atomic mass is 9.99. The van der Waals surface area contributed by atoms with Crippen molar-refractivity contribution in [1.29, 1.82) is 0 Å². The summed E-state index contributed by atoms with van der Waals surface area (Å²) in [5.74, 6) is 1.45. The number of nitrogen functional groups attached to an aromatic ring is 1. The molecule has 20 heavy (non-hydrogen) atoms. The molecule has 2 aromatic carbocycles. The molecule has 0 unspecified atom stereocenters. The molecule has 0 saturated carbocycles. The van der Waals surface area contributed by atoms with Crippen LogP contribution < -0.4 is 10.5 Å². The monoisotopic (exact) mass is 271 g/mol. The van der Waals surface area contributed by atoms with Gasteiger partial charge in [-0.15, -0.1) is 0 Å². The van der Waals surface area contributed by atoms with E-state index in [1.807, 2.05) is 31.2 Å². The Morgan fingerprint density at radius 2 is 1.95 bits per heavy atom. The molecular weight excluding hydrogens is 250 g/mol. The number of hydrogen-bond acceptors (Lipinski definition) is 3. The van der Waals surface area contributed by atoms with Gasteiger partial charge < -0.3 is 15.6 Å². The van der Waals surface area contributed by atoms with Gasteiger partial charge in [-0.2, -0.15) is 0 Å². The summed E-state index contributed by atoms with van der Waals surface area (Å²) in [6, 6.07) is 11.1. The highest BCUT2D eigenvalue weighted by atomic mass is 16.5. The van der Waals surface area contributed by atoms with Crippen molar-refractivity contribution in [3.05, 3.63) is 53.1 Å². The Morgan fingerprint density at radius 3 is 2.60 bits per heavy atom. The maximum absolute atomic E-state index is 9.46. The van der Waals surface area contributed by atoms with E-state index in [9.17, 15) is 5.11 Å². The van der Waals surface area contributed by atoms with Crippen LogP contribution in [0.15, 0.2) is 36.4 Å². The molecular formula is C17H21NO2. The van der Waals surface area contributed by atoms with E-state index in [4.69, 9.17) is 10.5 Å². The minimum Gasteiger partial charge on any atom is -0.508 e. The van der Waals surface area contributed by atoms with Gasteiger partial charge in [0.2, 0.25) is 0 Å². The van der Waals surface area contributed by atoms with Gasteiger partial charge in [0.25, 0.3) is 0 Å². The molecule has 2 aromatic rings. The van der Waals surface area contributed by atoms with Gasteiger partial charge in [0, 0.05) is 5.69 Å². The number of hydrogen-bond donors (Lipinski definition) is 2. The lowest BCUT2D eigenvalue weighted by Crippen LogP contribution is -2.02. The zero-order valence-electron chi connectivity index (χ0n) is 12.2. The Morgan fingerprint density at radius 1 is 1.20 bits per heavy atom. The fourth-order valence-corrected chi connectivity index (χ4v) is 2.10. The quantitative estimate of drug-likeness (QED) is 0.827. The van der Waals surface area contributed by atoms with Crippen molar-refractivity contribution in [2.45, 2.75) is 33.3 Å². The summed E-state index contributed by atoms with van der Waals surface area (Å²) in [4.78, 5) is 0. The van der Waals surface area contributed by atoms with Gasteiger partial charge >= 0.3 is 0 Å². The summed E-state index contributed by atoms with van der Waals surface area (Å²) in [5.41, 5.74) is 9.81. The van der Waals surface area contributed by atoms with Gasteiger partial charge in [0.15, 0.2) is 0 Å². The first-order valence-corrected chi connectivity index (χ1v) is 6.78. The minimum atomic E-state index is 0.253. The maximum Gasteiger partial charge on any atom is 0.123 e. The highest BCUT2D eigenvalue weighted by molar-refractivity contribution is 5.55. The number of aryl methyl sites for hydroxylation is 1. The van der Waals surface area contributed by atoms with Crippen LogP contribution in [0.1, 0.15) is 36.5 Å². The average molecular weight is 271 g/mol. The fourth-order valence-electron chi connectivity index (χ4n) is 2.10. The van der Waals surface area contributed by atoms with Crippen molar-refractivity contribution in [2.75, 3.05) is 5.73 Å². The molecule has 0 aromatic heterocycles. The summed E-state index contributed by atoms with van der Waals surface area (Å²) in [6.45, 7) is 6.63. The largest absolute Gasteiger partial charge is 0.508 e. The van der Waals surface area contributed by atoms with Crippen molar-refractivity contribution in [2.24, 2.45) is 0 Å². The summed E-state index contributed by atoms with van der Waals surface area (Å²) >= 11 is 0. The highest BCUT2D eigenvalue weighted by Crippen LogP contribution is 2.31. The number of anilines is 1. The molecule has 0 heterocycles. The predicted molar refractivity (Wildman–Crippen MR) is 82.1 cm³/mol. The first-order chi connectivity index (χ1) is 9.47. The van der Waals surface area contributed by atoms with Gasteiger partial charge in [-0.1, -0.05) is 26.0 Å². The first-order valence-electron chi connectivity index (χ1n) is 6.78. The van der Waals surface area contributed by atoms with Crippen molar-refractivity contribution >= 4 is 5.69 Å². The van der Waals surface area contributed by atoms with Crippen LogP contribution in [0, 0.1) is 6.92 Å². The molecule has 106 valence electrons. The number of rotatable bonds is 4. The minimum absolute atomic E-state index is 0.253. The van der Waals surface area contributed by atoms with Crippen LogP contribution in [0.2, 0.25) is 0 Å². The number of aromatic hydroxyl groups is 1. The molecule has 3 nitrogen and oxygen atoms in total. The van der Waals surface area contributed by atoms with E-state index in [1.165, 1.54) is 0 Å². The summed E-state index contributed by atoms with van der Waals surface area (Å²) in [5, 5.41) is 9.46. The molecule has 2 rings (SSSR count). The number of benzene rings is 2. The van der Waals surface area contributed by atoms with Crippen LogP contribution in [0.4, 0.5) is 5.69 Å². The van der Waals surface area contributed by atoms with E-state index in [-0.39, 0.29) is 5.75 Å². The SMILES string of the molecule is Cc1cc(OCc2cccc(O)c2)c(C(C)C)cc1N. The zero-order chi connectivity index (χ0) is 14.7. The Labute approximate surface area is 120 Å². The van der Waals surface area contributed by atoms with Gasteiger partial charge in [-0.05, 0) is 53.8 Å². The van der Waals surface area contributed by atoms with Crippen LogP contribution in [0.5, 0.6) is 11.5 Å².